The van der Waals surface area contributed by atoms with Gasteiger partial charge in [-0.1, -0.05) is 152 Å². The molecule has 1 aliphatic heterocycles. The van der Waals surface area contributed by atoms with Gasteiger partial charge in [0.1, 0.15) is 22.3 Å². The van der Waals surface area contributed by atoms with Crippen molar-refractivity contribution in [2.75, 3.05) is 0 Å². The van der Waals surface area contributed by atoms with Crippen molar-refractivity contribution < 1.29 is 8.83 Å². The second-order valence-corrected chi connectivity index (χ2v) is 16.0. The third-order valence-corrected chi connectivity index (χ3v) is 12.4. The average Bonchev–Trinajstić information content (AvgIpc) is 3.90. The van der Waals surface area contributed by atoms with Gasteiger partial charge in [0.2, 0.25) is 0 Å². The molecule has 0 radical (unpaired) electrons. The number of aliphatic imine (C=N–C) groups is 2. The predicted molar refractivity (Wildman–Crippen MR) is 255 cm³/mol. The number of benzene rings is 9. The van der Waals surface area contributed by atoms with E-state index in [-0.39, 0.29) is 0 Å². The normalized spacial score (nSPS) is 16.5. The van der Waals surface area contributed by atoms with Crippen LogP contribution >= 0.6 is 0 Å². The van der Waals surface area contributed by atoms with Crippen LogP contribution in [0.1, 0.15) is 36.5 Å². The summed E-state index contributed by atoms with van der Waals surface area (Å²) in [7, 11) is 0. The fourth-order valence-corrected chi connectivity index (χ4v) is 9.38. The molecule has 61 heavy (non-hydrogen) atoms. The van der Waals surface area contributed by atoms with Crippen LogP contribution < -0.4 is 0 Å². The van der Waals surface area contributed by atoms with Crippen molar-refractivity contribution >= 4 is 82.7 Å². The highest BCUT2D eigenvalue weighted by Crippen LogP contribution is 2.44. The van der Waals surface area contributed by atoms with E-state index in [0.717, 1.165) is 118 Å². The van der Waals surface area contributed by atoms with Crippen LogP contribution in [0.2, 0.25) is 0 Å². The maximum Gasteiger partial charge on any atom is 0.160 e. The van der Waals surface area contributed by atoms with Crippen molar-refractivity contribution in [1.29, 1.82) is 0 Å². The Morgan fingerprint density at radius 1 is 0.393 bits per heavy atom. The zero-order chi connectivity index (χ0) is 40.4. The minimum atomic E-state index is 0.673. The highest BCUT2D eigenvalue weighted by molar-refractivity contribution is 6.23. The quantitative estimate of drug-likeness (QED) is 0.175. The third-order valence-electron chi connectivity index (χ3n) is 12.4. The van der Waals surface area contributed by atoms with Crippen LogP contribution in [0.25, 0.3) is 93.4 Å². The summed E-state index contributed by atoms with van der Waals surface area (Å²) < 4.78 is 13.3. The standard InChI is InChI=1S/C57H38N2O2/c1-35-26-33-50(39-28-27-36-14-5-6-17-38(36)34-39)58-57(59-54(35)49-23-13-22-46-44-20-9-11-24-51(44)60-55(46)49)47-32-30-43(41-18-7-8-19-42(41)47)45-31-29-40(37-15-3-2-4-16-37)56-53(45)48-21-10-12-25-52(48)61-56/h2-25,27-32,34H,26,33H2,1H3/b54-35-,58-50+,59-57-. The summed E-state index contributed by atoms with van der Waals surface area (Å²) in [5.74, 6) is 0.673. The van der Waals surface area contributed by atoms with Gasteiger partial charge < -0.3 is 8.83 Å². The van der Waals surface area contributed by atoms with E-state index in [4.69, 9.17) is 18.8 Å². The van der Waals surface area contributed by atoms with Crippen molar-refractivity contribution in [3.8, 4) is 22.3 Å². The first kappa shape index (κ1) is 35.2. The van der Waals surface area contributed by atoms with Gasteiger partial charge in [0, 0.05) is 38.2 Å². The van der Waals surface area contributed by atoms with Crippen LogP contribution in [0.5, 0.6) is 0 Å². The van der Waals surface area contributed by atoms with Crippen LogP contribution in [0.3, 0.4) is 0 Å². The molecule has 0 aliphatic carbocycles. The molecular formula is C57H38N2O2. The minimum absolute atomic E-state index is 0.673. The van der Waals surface area contributed by atoms with Gasteiger partial charge >= 0.3 is 0 Å². The van der Waals surface area contributed by atoms with Crippen LogP contribution in [0, 0.1) is 0 Å². The molecule has 0 N–H and O–H groups in total. The van der Waals surface area contributed by atoms with E-state index in [9.17, 15) is 0 Å². The van der Waals surface area contributed by atoms with E-state index in [1.165, 1.54) is 16.3 Å². The molecule has 1 aliphatic rings. The number of hydrogen-bond acceptors (Lipinski definition) is 4. The highest BCUT2D eigenvalue weighted by Gasteiger charge is 2.23. The molecule has 0 unspecified atom stereocenters. The molecule has 0 atom stereocenters. The monoisotopic (exact) mass is 782 g/mol. The molecule has 9 aromatic carbocycles. The Morgan fingerprint density at radius 3 is 1.85 bits per heavy atom. The number of para-hydroxylation sites is 3. The van der Waals surface area contributed by atoms with Crippen molar-refractivity contribution in [3.63, 3.8) is 0 Å². The summed E-state index contributed by atoms with van der Waals surface area (Å²) in [4.78, 5) is 11.2. The fraction of sp³-hybridized carbons (Fsp3) is 0.0526. The average molecular weight is 783 g/mol. The summed E-state index contributed by atoms with van der Waals surface area (Å²) in [6, 6.07) is 66.3. The lowest BCUT2D eigenvalue weighted by Crippen LogP contribution is -2.11. The second kappa shape index (κ2) is 14.2. The number of amidine groups is 1. The number of fused-ring (bicyclic) bond motifs is 8. The number of furan rings is 2. The lowest BCUT2D eigenvalue weighted by Gasteiger charge is -2.18. The van der Waals surface area contributed by atoms with E-state index < -0.39 is 0 Å². The zero-order valence-electron chi connectivity index (χ0n) is 33.5. The largest absolute Gasteiger partial charge is 0.455 e. The molecule has 3 heterocycles. The van der Waals surface area contributed by atoms with Gasteiger partial charge in [-0.05, 0) is 106 Å². The molecule has 0 fully saturated rings. The molecule has 11 aromatic rings. The topological polar surface area (TPSA) is 51.0 Å². The summed E-state index contributed by atoms with van der Waals surface area (Å²) in [5.41, 5.74) is 14.1. The zero-order valence-corrected chi connectivity index (χ0v) is 33.5. The number of hydrogen-bond donors (Lipinski definition) is 0. The van der Waals surface area contributed by atoms with Gasteiger partial charge in [-0.3, -0.25) is 0 Å². The van der Waals surface area contributed by atoms with Crippen LogP contribution in [0.4, 0.5) is 0 Å². The Hall–Kier alpha value is -7.82. The molecule has 0 saturated heterocycles. The first-order valence-corrected chi connectivity index (χ1v) is 20.9. The van der Waals surface area contributed by atoms with Gasteiger partial charge in [-0.15, -0.1) is 0 Å². The van der Waals surface area contributed by atoms with Crippen LogP contribution in [0.15, 0.2) is 212 Å². The predicted octanol–water partition coefficient (Wildman–Crippen LogP) is 15.6. The molecule has 0 amide bonds. The van der Waals surface area contributed by atoms with Crippen LogP contribution in [-0.4, -0.2) is 11.5 Å². The van der Waals surface area contributed by atoms with E-state index in [1.807, 2.05) is 18.2 Å². The third kappa shape index (κ3) is 5.83. The van der Waals surface area contributed by atoms with E-state index in [0.29, 0.717) is 5.84 Å². The number of rotatable bonds is 5. The van der Waals surface area contributed by atoms with Gasteiger partial charge in [-0.25, -0.2) is 9.98 Å². The Bertz CT molecular complexity index is 3660. The summed E-state index contributed by atoms with van der Waals surface area (Å²) >= 11 is 0. The Labute approximate surface area is 352 Å². The summed E-state index contributed by atoms with van der Waals surface area (Å²) in [6.45, 7) is 2.21. The molecule has 4 heteroatoms. The summed E-state index contributed by atoms with van der Waals surface area (Å²) in [5, 5.41) is 8.98. The van der Waals surface area contributed by atoms with Crippen LogP contribution in [-0.2, 0) is 0 Å². The lowest BCUT2D eigenvalue weighted by molar-refractivity contribution is 0.667. The molecule has 12 rings (SSSR count). The maximum absolute atomic E-state index is 6.70. The fourth-order valence-electron chi connectivity index (χ4n) is 9.38. The van der Waals surface area contributed by atoms with E-state index in [2.05, 4.69) is 177 Å². The lowest BCUT2D eigenvalue weighted by atomic mass is 9.90. The van der Waals surface area contributed by atoms with E-state index in [1.54, 1.807) is 0 Å². The molecule has 0 bridgehead atoms. The van der Waals surface area contributed by atoms with Crippen molar-refractivity contribution in [2.45, 2.75) is 19.8 Å². The van der Waals surface area contributed by atoms with Gasteiger partial charge in [0.15, 0.2) is 5.84 Å². The molecular weight excluding hydrogens is 745 g/mol. The summed E-state index contributed by atoms with van der Waals surface area (Å²) in [6.07, 6.45) is 1.57. The van der Waals surface area contributed by atoms with Crippen molar-refractivity contribution in [3.05, 3.63) is 210 Å². The Balaban J connectivity index is 1.10. The van der Waals surface area contributed by atoms with Crippen molar-refractivity contribution in [2.24, 2.45) is 9.98 Å². The molecule has 288 valence electrons. The maximum atomic E-state index is 6.70. The molecule has 0 spiro atoms. The van der Waals surface area contributed by atoms with Gasteiger partial charge in [-0.2, -0.15) is 0 Å². The SMILES string of the molecule is C/C1=C(c2cccc3c2oc2ccccc23)/N=C(c2ccc(-c3ccc(-c4ccccc4)c4oc5ccccc5c34)c3ccccc23)\N=C(\c2ccc3ccccc3c2)CC1. The minimum Gasteiger partial charge on any atom is -0.455 e. The second-order valence-electron chi connectivity index (χ2n) is 16.0. The Morgan fingerprint density at radius 2 is 1.02 bits per heavy atom. The Kier molecular flexibility index (Phi) is 8.17. The van der Waals surface area contributed by atoms with E-state index >= 15 is 0 Å². The van der Waals surface area contributed by atoms with Gasteiger partial charge in [0.25, 0.3) is 0 Å². The van der Waals surface area contributed by atoms with Crippen molar-refractivity contribution in [1.82, 2.24) is 0 Å². The first-order chi connectivity index (χ1) is 30.2. The molecule has 2 aromatic heterocycles. The number of nitrogens with zero attached hydrogens (tertiary/aromatic N) is 2. The molecule has 4 nitrogen and oxygen atoms in total. The highest BCUT2D eigenvalue weighted by atomic mass is 16.3. The smallest absolute Gasteiger partial charge is 0.160 e. The number of allylic oxidation sites excluding steroid dienone is 1. The first-order valence-electron chi connectivity index (χ1n) is 20.9. The molecule has 0 saturated carbocycles. The van der Waals surface area contributed by atoms with Gasteiger partial charge in [0.05, 0.1) is 11.4 Å².